The van der Waals surface area contributed by atoms with Gasteiger partial charge in [0.25, 0.3) is 0 Å². The summed E-state index contributed by atoms with van der Waals surface area (Å²) in [5, 5.41) is 0.642. The van der Waals surface area contributed by atoms with E-state index in [2.05, 4.69) is 0 Å². The van der Waals surface area contributed by atoms with Crippen LogP contribution >= 0.6 is 11.3 Å². The number of methoxy groups -OCH3 is 3. The van der Waals surface area contributed by atoms with E-state index >= 15 is 0 Å². The Labute approximate surface area is 163 Å². The largest absolute Gasteiger partial charge is 0.468 e. The molecule has 0 saturated carbocycles. The first kappa shape index (κ1) is 19.5. The third kappa shape index (κ3) is 3.22. The molecule has 0 unspecified atom stereocenters. The van der Waals surface area contributed by atoms with Gasteiger partial charge in [-0.1, -0.05) is 12.1 Å². The maximum Gasteiger partial charge on any atom is 0.338 e. The summed E-state index contributed by atoms with van der Waals surface area (Å²) in [7, 11) is 3.48. The van der Waals surface area contributed by atoms with E-state index in [1.807, 2.05) is 0 Å². The lowest BCUT2D eigenvalue weighted by Crippen LogP contribution is -2.25. The first-order valence-electron chi connectivity index (χ1n) is 8.16. The monoisotopic (exact) mass is 400 g/mol. The van der Waals surface area contributed by atoms with Crippen LogP contribution in [0.1, 0.15) is 21.8 Å². The van der Waals surface area contributed by atoms with E-state index in [9.17, 15) is 19.2 Å². The molecule has 0 spiro atoms. The number of carbonyl (C=O) groups is 3. The van der Waals surface area contributed by atoms with E-state index in [1.165, 1.54) is 30.6 Å². The zero-order valence-corrected chi connectivity index (χ0v) is 16.1. The molecule has 0 amide bonds. The average molecular weight is 400 g/mol. The maximum atomic E-state index is 13.0. The third-order valence-electron chi connectivity index (χ3n) is 4.32. The van der Waals surface area contributed by atoms with Crippen molar-refractivity contribution < 1.29 is 28.6 Å². The normalized spacial score (nSPS) is 10.9. The smallest absolute Gasteiger partial charge is 0.338 e. The van der Waals surface area contributed by atoms with Crippen molar-refractivity contribution in [2.75, 3.05) is 21.3 Å². The summed E-state index contributed by atoms with van der Waals surface area (Å²) in [4.78, 5) is 49.7. The lowest BCUT2D eigenvalue weighted by Gasteiger charge is -2.15. The second-order valence-electron chi connectivity index (χ2n) is 5.84. The summed E-state index contributed by atoms with van der Waals surface area (Å²) in [6.07, 6.45) is 0. The zero-order chi connectivity index (χ0) is 20.4. The molecule has 0 atom stereocenters. The molecule has 0 fully saturated rings. The molecule has 0 saturated heterocycles. The number of hydrogen-bond donors (Lipinski definition) is 0. The summed E-state index contributed by atoms with van der Waals surface area (Å²) in [5.74, 6) is -3.82. The van der Waals surface area contributed by atoms with Crippen LogP contribution in [-0.2, 0) is 23.8 Å². The molecule has 0 aliphatic heterocycles. The van der Waals surface area contributed by atoms with Crippen molar-refractivity contribution >= 4 is 49.4 Å². The van der Waals surface area contributed by atoms with Gasteiger partial charge in [-0.3, -0.25) is 14.4 Å². The minimum atomic E-state index is -1.39. The molecule has 3 aromatic rings. The predicted molar refractivity (Wildman–Crippen MR) is 104 cm³/mol. The Balaban J connectivity index is 2.42. The topological polar surface area (TPSA) is 96.0 Å². The standard InChI is InChI=1S/C20H16O7S/c1-25-18(22)12-8-10(15(19(23)26-2)20(24)27-3)9-14-16(12)17(21)11-6-4-5-7-13(11)28-14/h4-9,15H,1-3H3. The molecule has 144 valence electrons. The highest BCUT2D eigenvalue weighted by atomic mass is 32.1. The Morgan fingerprint density at radius 1 is 0.893 bits per heavy atom. The van der Waals surface area contributed by atoms with Gasteiger partial charge in [0.15, 0.2) is 11.3 Å². The van der Waals surface area contributed by atoms with E-state index in [4.69, 9.17) is 14.2 Å². The van der Waals surface area contributed by atoms with Gasteiger partial charge >= 0.3 is 17.9 Å². The summed E-state index contributed by atoms with van der Waals surface area (Å²) < 4.78 is 15.4. The van der Waals surface area contributed by atoms with Crippen molar-refractivity contribution in [1.82, 2.24) is 0 Å². The van der Waals surface area contributed by atoms with E-state index < -0.39 is 23.8 Å². The highest BCUT2D eigenvalue weighted by Crippen LogP contribution is 2.31. The highest BCUT2D eigenvalue weighted by molar-refractivity contribution is 7.24. The Morgan fingerprint density at radius 3 is 2.14 bits per heavy atom. The maximum absolute atomic E-state index is 13.0. The van der Waals surface area contributed by atoms with Crippen molar-refractivity contribution in [2.45, 2.75) is 5.92 Å². The summed E-state index contributed by atoms with van der Waals surface area (Å²) >= 11 is 1.27. The fraction of sp³-hybridized carbons (Fsp3) is 0.200. The molecule has 1 heterocycles. The van der Waals surface area contributed by atoms with Crippen molar-refractivity contribution in [3.05, 3.63) is 57.7 Å². The lowest BCUT2D eigenvalue weighted by molar-refractivity contribution is -0.154. The zero-order valence-electron chi connectivity index (χ0n) is 15.3. The van der Waals surface area contributed by atoms with E-state index in [1.54, 1.807) is 24.3 Å². The minimum Gasteiger partial charge on any atom is -0.468 e. The van der Waals surface area contributed by atoms with E-state index in [-0.39, 0.29) is 21.9 Å². The van der Waals surface area contributed by atoms with Gasteiger partial charge in [0.1, 0.15) is 0 Å². The molecule has 0 aliphatic rings. The molecule has 28 heavy (non-hydrogen) atoms. The van der Waals surface area contributed by atoms with Crippen LogP contribution in [0, 0.1) is 0 Å². The fourth-order valence-electron chi connectivity index (χ4n) is 2.99. The number of fused-ring (bicyclic) bond motifs is 2. The molecular weight excluding hydrogens is 384 g/mol. The number of rotatable bonds is 4. The molecule has 8 heteroatoms. The first-order valence-corrected chi connectivity index (χ1v) is 8.98. The highest BCUT2D eigenvalue weighted by Gasteiger charge is 2.32. The molecule has 0 N–H and O–H groups in total. The van der Waals surface area contributed by atoms with Crippen LogP contribution in [0.15, 0.2) is 41.2 Å². The quantitative estimate of drug-likeness (QED) is 0.287. The Bertz CT molecular complexity index is 1150. The summed E-state index contributed by atoms with van der Waals surface area (Å²) in [6, 6.07) is 9.81. The van der Waals surface area contributed by atoms with Crippen LogP contribution < -0.4 is 5.43 Å². The Morgan fingerprint density at radius 2 is 1.54 bits per heavy atom. The van der Waals surface area contributed by atoms with Gasteiger partial charge in [0.05, 0.1) is 32.3 Å². The predicted octanol–water partition coefficient (Wildman–Crippen LogP) is 2.63. The first-order chi connectivity index (χ1) is 13.4. The molecule has 0 aliphatic carbocycles. The molecule has 2 aromatic carbocycles. The minimum absolute atomic E-state index is 0.0280. The number of carbonyl (C=O) groups excluding carboxylic acids is 3. The van der Waals surface area contributed by atoms with Crippen molar-refractivity contribution in [3.8, 4) is 0 Å². The van der Waals surface area contributed by atoms with Crippen LogP contribution in [0.3, 0.4) is 0 Å². The van der Waals surface area contributed by atoms with Crippen LogP contribution in [0.2, 0.25) is 0 Å². The van der Waals surface area contributed by atoms with Crippen LogP contribution in [0.25, 0.3) is 20.2 Å². The Hall–Kier alpha value is -3.26. The van der Waals surface area contributed by atoms with Crippen molar-refractivity contribution in [2.24, 2.45) is 0 Å². The molecule has 1 aromatic heterocycles. The second kappa shape index (κ2) is 7.77. The molecule has 0 bridgehead atoms. The molecular formula is C20H16O7S. The molecule has 7 nitrogen and oxygen atoms in total. The lowest BCUT2D eigenvalue weighted by atomic mass is 9.95. The number of ether oxygens (including phenoxy) is 3. The molecule has 0 radical (unpaired) electrons. The number of benzene rings is 2. The Kier molecular flexibility index (Phi) is 5.41. The number of esters is 3. The molecule has 3 rings (SSSR count). The van der Waals surface area contributed by atoms with Gasteiger partial charge in [-0.25, -0.2) is 4.79 Å². The summed E-state index contributed by atoms with van der Waals surface area (Å²) in [6.45, 7) is 0. The van der Waals surface area contributed by atoms with E-state index in [0.717, 1.165) is 14.2 Å². The van der Waals surface area contributed by atoms with Crippen molar-refractivity contribution in [3.63, 3.8) is 0 Å². The van der Waals surface area contributed by atoms with Crippen LogP contribution in [-0.4, -0.2) is 39.2 Å². The van der Waals surface area contributed by atoms with E-state index in [0.29, 0.717) is 14.8 Å². The van der Waals surface area contributed by atoms with Gasteiger partial charge in [0, 0.05) is 14.8 Å². The SMILES string of the molecule is COC(=O)c1cc(C(C(=O)OC)C(=O)OC)cc2sc3ccccc3c(=O)c12. The van der Waals surface area contributed by atoms with Gasteiger partial charge in [-0.15, -0.1) is 11.3 Å². The van der Waals surface area contributed by atoms with Crippen LogP contribution in [0.5, 0.6) is 0 Å². The number of hydrogen-bond acceptors (Lipinski definition) is 8. The fourth-order valence-corrected chi connectivity index (χ4v) is 4.14. The average Bonchev–Trinajstić information content (AvgIpc) is 2.72. The third-order valence-corrected chi connectivity index (χ3v) is 5.43. The second-order valence-corrected chi connectivity index (χ2v) is 6.92. The summed E-state index contributed by atoms with van der Waals surface area (Å²) in [5.41, 5.74) is -0.179. The van der Waals surface area contributed by atoms with Gasteiger partial charge in [0.2, 0.25) is 0 Å². The van der Waals surface area contributed by atoms with Gasteiger partial charge in [-0.2, -0.15) is 0 Å². The van der Waals surface area contributed by atoms with Crippen LogP contribution in [0.4, 0.5) is 0 Å². The van der Waals surface area contributed by atoms with Gasteiger partial charge in [-0.05, 0) is 29.8 Å². The van der Waals surface area contributed by atoms with Gasteiger partial charge < -0.3 is 14.2 Å². The van der Waals surface area contributed by atoms with Crippen molar-refractivity contribution in [1.29, 1.82) is 0 Å².